The minimum atomic E-state index is -0.913. The van der Waals surface area contributed by atoms with E-state index in [1.165, 1.54) is 0 Å². The molecule has 1 aliphatic rings. The number of benzene rings is 2. The Labute approximate surface area is 170 Å². The lowest BCUT2D eigenvalue weighted by Gasteiger charge is -2.17. The maximum Gasteiger partial charge on any atom is 0.311 e. The summed E-state index contributed by atoms with van der Waals surface area (Å²) in [6, 6.07) is 16.5. The fourth-order valence-electron chi connectivity index (χ4n) is 3.37. The third-order valence-electron chi connectivity index (χ3n) is 5.10. The van der Waals surface area contributed by atoms with Crippen molar-refractivity contribution in [3.05, 3.63) is 65.7 Å². The molecule has 6 nitrogen and oxygen atoms in total. The van der Waals surface area contributed by atoms with Crippen molar-refractivity contribution in [2.75, 3.05) is 20.2 Å². The van der Waals surface area contributed by atoms with Crippen LogP contribution in [-0.2, 0) is 20.7 Å². The maximum atomic E-state index is 12.5. The molecule has 6 heteroatoms. The first-order valence-electron chi connectivity index (χ1n) is 9.68. The Hall–Kier alpha value is -3.15. The van der Waals surface area contributed by atoms with Crippen LogP contribution in [0.4, 0.5) is 0 Å². The second kappa shape index (κ2) is 9.37. The molecule has 0 aliphatic carbocycles. The van der Waals surface area contributed by atoms with E-state index in [1.807, 2.05) is 30.3 Å². The Bertz CT molecular complexity index is 863. The maximum absolute atomic E-state index is 12.5. The predicted octanol–water partition coefficient (Wildman–Crippen LogP) is 2.90. The molecule has 1 fully saturated rings. The summed E-state index contributed by atoms with van der Waals surface area (Å²) in [5, 5.41) is 0. The number of esters is 1. The third-order valence-corrected chi connectivity index (χ3v) is 5.10. The largest absolute Gasteiger partial charge is 0.497 e. The summed E-state index contributed by atoms with van der Waals surface area (Å²) in [4.78, 5) is 38.9. The number of carbonyl (C=O) groups is 3. The highest BCUT2D eigenvalue weighted by molar-refractivity contribution is 6.00. The first kappa shape index (κ1) is 20.6. The molecule has 1 saturated heterocycles. The van der Waals surface area contributed by atoms with Crippen LogP contribution in [0.15, 0.2) is 54.6 Å². The van der Waals surface area contributed by atoms with Crippen LogP contribution in [0.25, 0.3) is 0 Å². The summed E-state index contributed by atoms with van der Waals surface area (Å²) in [5.74, 6) is -0.742. The Balaban J connectivity index is 1.52. The van der Waals surface area contributed by atoms with E-state index in [0.717, 1.165) is 12.0 Å². The highest BCUT2D eigenvalue weighted by Gasteiger charge is 2.36. The number of methoxy groups -OCH3 is 1. The van der Waals surface area contributed by atoms with Crippen LogP contribution in [-0.4, -0.2) is 48.9 Å². The standard InChI is InChI=1S/C23H25NO5/c1-16(22(26)18-8-10-20(28-2)11-9-18)29-23(27)19-14-21(25)24(15-19)13-12-17-6-4-3-5-7-17/h3-11,16,19H,12-15H2,1-2H3/t16-,19+/m0/s1. The van der Waals surface area contributed by atoms with E-state index in [1.54, 1.807) is 43.2 Å². The van der Waals surface area contributed by atoms with Crippen LogP contribution < -0.4 is 4.74 Å². The molecule has 0 saturated carbocycles. The second-order valence-corrected chi connectivity index (χ2v) is 7.15. The van der Waals surface area contributed by atoms with Gasteiger partial charge < -0.3 is 14.4 Å². The van der Waals surface area contributed by atoms with Gasteiger partial charge in [0, 0.05) is 25.1 Å². The van der Waals surface area contributed by atoms with Gasteiger partial charge in [0.1, 0.15) is 5.75 Å². The van der Waals surface area contributed by atoms with Crippen molar-refractivity contribution in [3.63, 3.8) is 0 Å². The van der Waals surface area contributed by atoms with Gasteiger partial charge in [0.05, 0.1) is 13.0 Å². The molecule has 2 atom stereocenters. The van der Waals surface area contributed by atoms with Gasteiger partial charge in [-0.15, -0.1) is 0 Å². The van der Waals surface area contributed by atoms with Gasteiger partial charge in [-0.2, -0.15) is 0 Å². The van der Waals surface area contributed by atoms with E-state index >= 15 is 0 Å². The van der Waals surface area contributed by atoms with Crippen molar-refractivity contribution in [3.8, 4) is 5.75 Å². The third kappa shape index (κ3) is 5.22. The fraction of sp³-hybridized carbons (Fsp3) is 0.348. The molecule has 1 aliphatic heterocycles. The number of amides is 1. The summed E-state index contributed by atoms with van der Waals surface area (Å²) in [5.41, 5.74) is 1.59. The Kier molecular flexibility index (Phi) is 6.65. The first-order chi connectivity index (χ1) is 14.0. The smallest absolute Gasteiger partial charge is 0.311 e. The molecule has 2 aromatic rings. The lowest BCUT2D eigenvalue weighted by Crippen LogP contribution is -2.31. The number of hydrogen-bond acceptors (Lipinski definition) is 5. The number of carbonyl (C=O) groups excluding carboxylic acids is 3. The molecular weight excluding hydrogens is 370 g/mol. The Morgan fingerprint density at radius 1 is 1.10 bits per heavy atom. The number of ketones is 1. The minimum Gasteiger partial charge on any atom is -0.497 e. The van der Waals surface area contributed by atoms with Crippen molar-refractivity contribution in [1.29, 1.82) is 0 Å². The van der Waals surface area contributed by atoms with Gasteiger partial charge in [-0.05, 0) is 43.2 Å². The summed E-state index contributed by atoms with van der Waals surface area (Å²) in [6.07, 6.45) is -0.0537. The van der Waals surface area contributed by atoms with E-state index in [9.17, 15) is 14.4 Å². The summed E-state index contributed by atoms with van der Waals surface area (Å²) in [6.45, 7) is 2.44. The Morgan fingerprint density at radius 3 is 2.45 bits per heavy atom. The lowest BCUT2D eigenvalue weighted by molar-refractivity contribution is -0.151. The monoisotopic (exact) mass is 395 g/mol. The van der Waals surface area contributed by atoms with Crippen molar-refractivity contribution < 1.29 is 23.9 Å². The fourth-order valence-corrected chi connectivity index (χ4v) is 3.37. The van der Waals surface area contributed by atoms with E-state index in [4.69, 9.17) is 9.47 Å². The molecule has 152 valence electrons. The zero-order valence-electron chi connectivity index (χ0n) is 16.7. The number of hydrogen-bond donors (Lipinski definition) is 0. The number of rotatable bonds is 8. The molecule has 0 aromatic heterocycles. The van der Waals surface area contributed by atoms with Crippen molar-refractivity contribution in [1.82, 2.24) is 4.90 Å². The average Bonchev–Trinajstić information content (AvgIpc) is 3.13. The lowest BCUT2D eigenvalue weighted by atomic mass is 10.1. The average molecular weight is 395 g/mol. The van der Waals surface area contributed by atoms with Crippen LogP contribution in [0.2, 0.25) is 0 Å². The van der Waals surface area contributed by atoms with Crippen molar-refractivity contribution in [2.24, 2.45) is 5.92 Å². The normalized spacial score (nSPS) is 17.1. The molecule has 0 radical (unpaired) electrons. The van der Waals surface area contributed by atoms with Gasteiger partial charge in [-0.25, -0.2) is 0 Å². The van der Waals surface area contributed by atoms with E-state index in [-0.39, 0.29) is 18.1 Å². The molecule has 0 bridgehead atoms. The van der Waals surface area contributed by atoms with E-state index in [0.29, 0.717) is 24.4 Å². The molecule has 0 spiro atoms. The van der Waals surface area contributed by atoms with Crippen LogP contribution in [0.5, 0.6) is 5.75 Å². The van der Waals surface area contributed by atoms with Crippen LogP contribution >= 0.6 is 0 Å². The van der Waals surface area contributed by atoms with Crippen LogP contribution in [0.3, 0.4) is 0 Å². The molecule has 1 amide bonds. The number of ether oxygens (including phenoxy) is 2. The van der Waals surface area contributed by atoms with Gasteiger partial charge in [-0.1, -0.05) is 30.3 Å². The summed E-state index contributed by atoms with van der Waals surface area (Å²) >= 11 is 0. The molecule has 0 unspecified atom stereocenters. The van der Waals surface area contributed by atoms with Crippen LogP contribution in [0, 0.1) is 5.92 Å². The summed E-state index contributed by atoms with van der Waals surface area (Å²) in [7, 11) is 1.55. The van der Waals surface area contributed by atoms with Gasteiger partial charge in [0.25, 0.3) is 0 Å². The van der Waals surface area contributed by atoms with E-state index < -0.39 is 18.0 Å². The van der Waals surface area contributed by atoms with Gasteiger partial charge in [0.2, 0.25) is 11.7 Å². The number of likely N-dealkylation sites (tertiary alicyclic amines) is 1. The van der Waals surface area contributed by atoms with E-state index in [2.05, 4.69) is 0 Å². The molecule has 29 heavy (non-hydrogen) atoms. The molecule has 1 heterocycles. The number of Topliss-reactive ketones (excluding diaryl/α,β-unsaturated/α-hetero) is 1. The van der Waals surface area contributed by atoms with Gasteiger partial charge in [0.15, 0.2) is 6.10 Å². The van der Waals surface area contributed by atoms with Crippen molar-refractivity contribution in [2.45, 2.75) is 25.9 Å². The molecule has 2 aromatic carbocycles. The molecule has 0 N–H and O–H groups in total. The second-order valence-electron chi connectivity index (χ2n) is 7.15. The first-order valence-corrected chi connectivity index (χ1v) is 9.68. The van der Waals surface area contributed by atoms with Crippen molar-refractivity contribution >= 4 is 17.7 Å². The molecule has 3 rings (SSSR count). The molecular formula is C23H25NO5. The topological polar surface area (TPSA) is 72.9 Å². The zero-order chi connectivity index (χ0) is 20.8. The highest BCUT2D eigenvalue weighted by Crippen LogP contribution is 2.21. The summed E-state index contributed by atoms with van der Waals surface area (Å²) < 4.78 is 10.4. The van der Waals surface area contributed by atoms with Crippen LogP contribution in [0.1, 0.15) is 29.3 Å². The quantitative estimate of drug-likeness (QED) is 0.508. The highest BCUT2D eigenvalue weighted by atomic mass is 16.5. The predicted molar refractivity (Wildman–Crippen MR) is 108 cm³/mol. The Morgan fingerprint density at radius 2 is 1.79 bits per heavy atom. The minimum absolute atomic E-state index is 0.0583. The zero-order valence-corrected chi connectivity index (χ0v) is 16.7. The van der Waals surface area contributed by atoms with Gasteiger partial charge >= 0.3 is 5.97 Å². The number of nitrogens with zero attached hydrogens (tertiary/aromatic N) is 1. The van der Waals surface area contributed by atoms with Gasteiger partial charge in [-0.3, -0.25) is 14.4 Å². The SMILES string of the molecule is COc1ccc(C(=O)[C@H](C)OC(=O)[C@@H]2CC(=O)N(CCc3ccccc3)C2)cc1.